The summed E-state index contributed by atoms with van der Waals surface area (Å²) < 4.78 is 4.54. The number of carbonyl (C=O) groups excluding carboxylic acids is 1. The molecule has 0 fully saturated rings. The number of aliphatic hydroxyl groups excluding tert-OH is 3. The average Bonchev–Trinajstić information content (AvgIpc) is 2.45. The first kappa shape index (κ1) is 11.8. The van der Waals surface area contributed by atoms with Gasteiger partial charge in [-0.2, -0.15) is 0 Å². The van der Waals surface area contributed by atoms with Crippen molar-refractivity contribution in [3.8, 4) is 0 Å². The monoisotopic (exact) mass is 219 g/mol. The minimum atomic E-state index is -1.97. The van der Waals surface area contributed by atoms with Crippen LogP contribution >= 0.6 is 0 Å². The Morgan fingerprint density at radius 1 is 1.47 bits per heavy atom. The van der Waals surface area contributed by atoms with Gasteiger partial charge in [0.2, 0.25) is 11.9 Å². The quantitative estimate of drug-likeness (QED) is 0.337. The molecule has 0 bridgehead atoms. The number of likely N-dealkylation sites (N-methyl/N-ethyl adjacent to an activating group) is 1. The Kier molecular flexibility index (Phi) is 2.89. The van der Waals surface area contributed by atoms with E-state index >= 15 is 0 Å². The van der Waals surface area contributed by atoms with E-state index in [2.05, 4.69) is 4.74 Å². The highest BCUT2D eigenvalue weighted by Gasteiger charge is 2.50. The summed E-state index contributed by atoms with van der Waals surface area (Å²) in [5.41, 5.74) is -1.97. The van der Waals surface area contributed by atoms with E-state index in [0.29, 0.717) is 0 Å². The summed E-state index contributed by atoms with van der Waals surface area (Å²) >= 11 is 0. The second-order valence-electron chi connectivity index (χ2n) is 3.45. The van der Waals surface area contributed by atoms with Crippen molar-refractivity contribution in [2.45, 2.75) is 11.8 Å². The van der Waals surface area contributed by atoms with Crippen LogP contribution in [-0.4, -0.2) is 63.8 Å². The van der Waals surface area contributed by atoms with E-state index in [4.69, 9.17) is 10.2 Å². The molecule has 4 N–H and O–H groups in total. The minimum absolute atomic E-state index is 0.769. The molecule has 1 rings (SSSR count). The molecule has 15 heavy (non-hydrogen) atoms. The molecule has 2 atom stereocenters. The normalized spacial score (nSPS) is 25.7. The highest BCUT2D eigenvalue weighted by Crippen LogP contribution is 2.28. The van der Waals surface area contributed by atoms with E-state index in [0.717, 1.165) is 0 Å². The Balaban J connectivity index is 3.05. The molecule has 0 amide bonds. The zero-order valence-corrected chi connectivity index (χ0v) is 8.34. The molecular formula is C8H13NO6. The van der Waals surface area contributed by atoms with Crippen LogP contribution in [0.15, 0.2) is 11.5 Å². The fourth-order valence-corrected chi connectivity index (χ4v) is 1.22. The number of esters is 1. The lowest BCUT2D eigenvalue weighted by atomic mass is 10.1. The van der Waals surface area contributed by atoms with Crippen molar-refractivity contribution >= 4 is 5.97 Å². The molecule has 7 heteroatoms. The zero-order valence-electron chi connectivity index (χ0n) is 8.34. The number of hydrogen-bond donors (Lipinski definition) is 4. The van der Waals surface area contributed by atoms with Gasteiger partial charge in [0.05, 0.1) is 6.61 Å². The highest BCUT2D eigenvalue weighted by atomic mass is 16.6. The Morgan fingerprint density at radius 2 is 2.00 bits per heavy atom. The Morgan fingerprint density at radius 3 is 2.27 bits per heavy atom. The van der Waals surface area contributed by atoms with E-state index in [1.807, 2.05) is 0 Å². The van der Waals surface area contributed by atoms with Crippen LogP contribution in [0.2, 0.25) is 0 Å². The number of rotatable bonds is 3. The van der Waals surface area contributed by atoms with Crippen molar-refractivity contribution in [3.63, 3.8) is 0 Å². The molecule has 1 aliphatic rings. The smallest absolute Gasteiger partial charge is 0.378 e. The van der Waals surface area contributed by atoms with Gasteiger partial charge >= 0.3 is 5.97 Å². The highest BCUT2D eigenvalue weighted by molar-refractivity contribution is 5.89. The number of carbonyl (C=O) groups is 1. The summed E-state index contributed by atoms with van der Waals surface area (Å²) in [5, 5.41) is 37.3. The minimum Gasteiger partial charge on any atom is -0.505 e. The lowest BCUT2D eigenvalue weighted by Crippen LogP contribution is -2.57. The summed E-state index contributed by atoms with van der Waals surface area (Å²) in [6, 6.07) is 0. The van der Waals surface area contributed by atoms with E-state index in [1.54, 1.807) is 0 Å². The fraction of sp³-hybridized carbons (Fsp3) is 0.625. The Hall–Kier alpha value is -1.31. The lowest BCUT2D eigenvalue weighted by Gasteiger charge is -2.36. The van der Waals surface area contributed by atoms with Gasteiger partial charge in [-0.15, -0.1) is 0 Å². The van der Waals surface area contributed by atoms with Crippen molar-refractivity contribution in [2.24, 2.45) is 0 Å². The van der Waals surface area contributed by atoms with Crippen LogP contribution in [0.1, 0.15) is 0 Å². The second kappa shape index (κ2) is 3.69. The van der Waals surface area contributed by atoms with E-state index in [1.165, 1.54) is 19.0 Å². The van der Waals surface area contributed by atoms with E-state index in [-0.39, 0.29) is 0 Å². The molecule has 0 radical (unpaired) electrons. The largest absolute Gasteiger partial charge is 0.505 e. The van der Waals surface area contributed by atoms with Gasteiger partial charge in [0, 0.05) is 0 Å². The zero-order chi connectivity index (χ0) is 11.8. The van der Waals surface area contributed by atoms with E-state index in [9.17, 15) is 15.0 Å². The maximum Gasteiger partial charge on any atom is 0.378 e. The van der Waals surface area contributed by atoms with Crippen LogP contribution in [0.3, 0.4) is 0 Å². The maximum absolute atomic E-state index is 10.9. The van der Waals surface area contributed by atoms with E-state index < -0.39 is 35.9 Å². The number of aliphatic hydroxyl groups is 4. The fourth-order valence-electron chi connectivity index (χ4n) is 1.22. The number of nitrogens with zero attached hydrogens (tertiary/aromatic N) is 1. The van der Waals surface area contributed by atoms with Crippen LogP contribution < -0.4 is 0 Å². The summed E-state index contributed by atoms with van der Waals surface area (Å²) in [4.78, 5) is 12.0. The number of cyclic esters (lactones) is 1. The third-order valence-corrected chi connectivity index (χ3v) is 2.34. The van der Waals surface area contributed by atoms with Crippen LogP contribution in [0.4, 0.5) is 0 Å². The van der Waals surface area contributed by atoms with Crippen molar-refractivity contribution in [1.29, 1.82) is 0 Å². The molecule has 1 heterocycles. The molecule has 86 valence electrons. The van der Waals surface area contributed by atoms with Gasteiger partial charge in [-0.1, -0.05) is 0 Å². The SMILES string of the molecule is CN(C)[C@](O)(CO)[C@H]1OC(=O)C(O)=C1O. The van der Waals surface area contributed by atoms with Crippen LogP contribution in [0.5, 0.6) is 0 Å². The summed E-state index contributed by atoms with van der Waals surface area (Å²) in [6.45, 7) is -0.769. The lowest BCUT2D eigenvalue weighted by molar-refractivity contribution is -0.194. The predicted octanol–water partition coefficient (Wildman–Crippen LogP) is -1.52. The Bertz CT molecular complexity index is 312. The van der Waals surface area contributed by atoms with Crippen molar-refractivity contribution in [3.05, 3.63) is 11.5 Å². The van der Waals surface area contributed by atoms with Gasteiger partial charge < -0.3 is 25.2 Å². The van der Waals surface area contributed by atoms with Crippen molar-refractivity contribution in [1.82, 2.24) is 4.90 Å². The molecule has 0 saturated carbocycles. The maximum atomic E-state index is 10.9. The molecular weight excluding hydrogens is 206 g/mol. The second-order valence-corrected chi connectivity index (χ2v) is 3.45. The topological polar surface area (TPSA) is 110 Å². The van der Waals surface area contributed by atoms with Crippen LogP contribution in [-0.2, 0) is 9.53 Å². The van der Waals surface area contributed by atoms with Gasteiger partial charge in [-0.25, -0.2) is 4.79 Å². The summed E-state index contributed by atoms with van der Waals surface area (Å²) in [7, 11) is 2.85. The molecule has 0 aromatic heterocycles. The molecule has 7 nitrogen and oxygen atoms in total. The summed E-state index contributed by atoms with van der Waals surface area (Å²) in [6.07, 6.45) is -1.50. The predicted molar refractivity (Wildman–Crippen MR) is 47.9 cm³/mol. The first-order chi connectivity index (χ1) is 6.84. The molecule has 1 aliphatic heterocycles. The van der Waals surface area contributed by atoms with Gasteiger partial charge in [0.1, 0.15) is 0 Å². The van der Waals surface area contributed by atoms with Crippen LogP contribution in [0.25, 0.3) is 0 Å². The van der Waals surface area contributed by atoms with Gasteiger partial charge in [-0.3, -0.25) is 4.90 Å². The molecule has 0 unspecified atom stereocenters. The first-order valence-corrected chi connectivity index (χ1v) is 4.18. The summed E-state index contributed by atoms with van der Waals surface area (Å²) in [5.74, 6) is -2.87. The van der Waals surface area contributed by atoms with Crippen molar-refractivity contribution < 1.29 is 30.0 Å². The third kappa shape index (κ3) is 1.65. The first-order valence-electron chi connectivity index (χ1n) is 4.18. The molecule has 0 aromatic carbocycles. The average molecular weight is 219 g/mol. The molecule has 0 saturated heterocycles. The van der Waals surface area contributed by atoms with Crippen molar-refractivity contribution in [2.75, 3.05) is 20.7 Å². The number of hydrogen-bond acceptors (Lipinski definition) is 7. The third-order valence-electron chi connectivity index (χ3n) is 2.34. The molecule has 0 aromatic rings. The number of ether oxygens (including phenoxy) is 1. The van der Waals surface area contributed by atoms with Gasteiger partial charge in [-0.05, 0) is 14.1 Å². The van der Waals surface area contributed by atoms with Crippen LogP contribution in [0, 0.1) is 0 Å². The van der Waals surface area contributed by atoms with Gasteiger partial charge in [0.15, 0.2) is 11.5 Å². The Labute approximate surface area is 85.8 Å². The standard InChI is InChI=1S/C8H13NO6/c1-9(2)8(14,3-10)6-4(11)5(12)7(13)15-6/h6,10-12,14H,3H2,1-2H3/t6-,8-/m0/s1. The molecule has 0 spiro atoms. The molecule has 0 aliphatic carbocycles. The van der Waals surface area contributed by atoms with Gasteiger partial charge in [0.25, 0.3) is 0 Å².